The quantitative estimate of drug-likeness (QED) is 0.463. The molecule has 24 heavy (non-hydrogen) atoms. The summed E-state index contributed by atoms with van der Waals surface area (Å²) in [5.74, 6) is 0.427. The molecule has 0 radical (unpaired) electrons. The summed E-state index contributed by atoms with van der Waals surface area (Å²) in [7, 11) is 0. The topological polar surface area (TPSA) is 64.2 Å². The first-order chi connectivity index (χ1) is 11.8. The van der Waals surface area contributed by atoms with Crippen molar-refractivity contribution >= 4 is 27.6 Å². The minimum Gasteiger partial charge on any atom is -0.382 e. The Morgan fingerprint density at radius 2 is 1.38 bits per heavy atom. The number of hydrogen-bond donors (Lipinski definition) is 1. The molecule has 0 unspecified atom stereocenters. The molecule has 0 amide bonds. The molecule has 0 aliphatic rings. The van der Waals surface area contributed by atoms with E-state index in [1.54, 1.807) is 0 Å². The standard InChI is InChI=1S/C20H16N4/c21-20(19-12-10-15-6-2-4-8-18(15)24-19)22-13-16-11-9-14-5-1-3-7-17(14)23-16/h1-12H,13H2,(H2,21,22). The molecule has 0 saturated carbocycles. The molecule has 0 spiro atoms. The monoisotopic (exact) mass is 312 g/mol. The molecule has 4 heteroatoms. The summed E-state index contributed by atoms with van der Waals surface area (Å²) in [6.07, 6.45) is 0. The van der Waals surface area contributed by atoms with Gasteiger partial charge in [0.15, 0.2) is 0 Å². The molecule has 116 valence electrons. The maximum Gasteiger partial charge on any atom is 0.145 e. The van der Waals surface area contributed by atoms with Gasteiger partial charge < -0.3 is 5.73 Å². The third kappa shape index (κ3) is 2.82. The average molecular weight is 312 g/mol. The summed E-state index contributed by atoms with van der Waals surface area (Å²) in [6, 6.07) is 23.9. The fraction of sp³-hybridized carbons (Fsp3) is 0.0500. The highest BCUT2D eigenvalue weighted by atomic mass is 14.9. The van der Waals surface area contributed by atoms with Crippen LogP contribution in [0.5, 0.6) is 0 Å². The molecule has 0 atom stereocenters. The lowest BCUT2D eigenvalue weighted by atomic mass is 10.2. The van der Waals surface area contributed by atoms with E-state index >= 15 is 0 Å². The molecule has 0 fully saturated rings. The van der Waals surface area contributed by atoms with Gasteiger partial charge in [-0.3, -0.25) is 9.98 Å². The van der Waals surface area contributed by atoms with E-state index in [1.165, 1.54) is 0 Å². The van der Waals surface area contributed by atoms with E-state index in [9.17, 15) is 0 Å². The smallest absolute Gasteiger partial charge is 0.145 e. The second kappa shape index (κ2) is 6.08. The van der Waals surface area contributed by atoms with Crippen LogP contribution in [0, 0.1) is 0 Å². The highest BCUT2D eigenvalue weighted by Gasteiger charge is 2.03. The van der Waals surface area contributed by atoms with Crippen molar-refractivity contribution in [3.8, 4) is 0 Å². The molecule has 0 bridgehead atoms. The number of benzene rings is 2. The number of amidine groups is 1. The van der Waals surface area contributed by atoms with Gasteiger partial charge in [-0.05, 0) is 24.3 Å². The highest BCUT2D eigenvalue weighted by molar-refractivity contribution is 5.97. The zero-order chi connectivity index (χ0) is 16.4. The van der Waals surface area contributed by atoms with Gasteiger partial charge in [-0.15, -0.1) is 0 Å². The van der Waals surface area contributed by atoms with E-state index in [-0.39, 0.29) is 0 Å². The number of nitrogens with zero attached hydrogens (tertiary/aromatic N) is 3. The van der Waals surface area contributed by atoms with Crippen molar-refractivity contribution < 1.29 is 0 Å². The summed E-state index contributed by atoms with van der Waals surface area (Å²) in [6.45, 7) is 0.436. The lowest BCUT2D eigenvalue weighted by Crippen LogP contribution is -2.15. The number of rotatable bonds is 3. The molecule has 2 N–H and O–H groups in total. The molecule has 2 aromatic heterocycles. The summed E-state index contributed by atoms with van der Waals surface area (Å²) in [4.78, 5) is 13.6. The number of nitrogens with two attached hydrogens (primary N) is 1. The third-order valence-electron chi connectivity index (χ3n) is 3.93. The van der Waals surface area contributed by atoms with Crippen molar-refractivity contribution in [1.82, 2.24) is 9.97 Å². The predicted octanol–water partition coefficient (Wildman–Crippen LogP) is 3.69. The SMILES string of the molecule is NC(=NCc1ccc2ccccc2n1)c1ccc2ccccc2n1. The summed E-state index contributed by atoms with van der Waals surface area (Å²) < 4.78 is 0. The first-order valence-electron chi connectivity index (χ1n) is 7.80. The summed E-state index contributed by atoms with van der Waals surface area (Å²) in [5, 5.41) is 2.21. The van der Waals surface area contributed by atoms with E-state index in [2.05, 4.69) is 21.0 Å². The van der Waals surface area contributed by atoms with Crippen LogP contribution in [0.2, 0.25) is 0 Å². The number of aliphatic imine (C=N–C) groups is 1. The number of para-hydroxylation sites is 2. The van der Waals surface area contributed by atoms with Crippen LogP contribution in [0.1, 0.15) is 11.4 Å². The first kappa shape index (κ1) is 14.3. The van der Waals surface area contributed by atoms with Crippen LogP contribution in [0.3, 0.4) is 0 Å². The maximum atomic E-state index is 6.11. The van der Waals surface area contributed by atoms with Gasteiger partial charge in [-0.2, -0.15) is 0 Å². The van der Waals surface area contributed by atoms with Crippen LogP contribution in [0.15, 0.2) is 77.8 Å². The van der Waals surface area contributed by atoms with Crippen LogP contribution in [-0.4, -0.2) is 15.8 Å². The van der Waals surface area contributed by atoms with Crippen molar-refractivity contribution in [2.75, 3.05) is 0 Å². The van der Waals surface area contributed by atoms with Gasteiger partial charge in [0.1, 0.15) is 11.5 Å². The second-order valence-corrected chi connectivity index (χ2v) is 5.59. The van der Waals surface area contributed by atoms with Gasteiger partial charge in [0, 0.05) is 10.8 Å². The first-order valence-corrected chi connectivity index (χ1v) is 7.80. The van der Waals surface area contributed by atoms with Crippen LogP contribution >= 0.6 is 0 Å². The van der Waals surface area contributed by atoms with E-state index < -0.39 is 0 Å². The Labute approximate surface area is 139 Å². The average Bonchev–Trinajstić information content (AvgIpc) is 2.65. The Morgan fingerprint density at radius 3 is 2.12 bits per heavy atom. The zero-order valence-corrected chi connectivity index (χ0v) is 13.1. The highest BCUT2D eigenvalue weighted by Crippen LogP contribution is 2.13. The van der Waals surface area contributed by atoms with Crippen molar-refractivity contribution in [3.05, 3.63) is 84.2 Å². The minimum absolute atomic E-state index is 0.427. The minimum atomic E-state index is 0.427. The lowest BCUT2D eigenvalue weighted by molar-refractivity contribution is 0.999. The molecular weight excluding hydrogens is 296 g/mol. The summed E-state index contributed by atoms with van der Waals surface area (Å²) in [5.41, 5.74) is 9.56. The summed E-state index contributed by atoms with van der Waals surface area (Å²) >= 11 is 0. The Bertz CT molecular complexity index is 1050. The van der Waals surface area contributed by atoms with Gasteiger partial charge >= 0.3 is 0 Å². The molecule has 4 nitrogen and oxygen atoms in total. The van der Waals surface area contributed by atoms with E-state index in [1.807, 2.05) is 66.7 Å². The van der Waals surface area contributed by atoms with Crippen LogP contribution in [0.4, 0.5) is 0 Å². The number of fused-ring (bicyclic) bond motifs is 2. The van der Waals surface area contributed by atoms with Gasteiger partial charge in [0.25, 0.3) is 0 Å². The molecule has 0 aliphatic carbocycles. The number of pyridine rings is 2. The van der Waals surface area contributed by atoms with Crippen LogP contribution in [0.25, 0.3) is 21.8 Å². The van der Waals surface area contributed by atoms with Crippen LogP contribution < -0.4 is 5.73 Å². The number of aromatic nitrogens is 2. The largest absolute Gasteiger partial charge is 0.382 e. The van der Waals surface area contributed by atoms with Crippen LogP contribution in [-0.2, 0) is 6.54 Å². The van der Waals surface area contributed by atoms with Crippen molar-refractivity contribution in [2.45, 2.75) is 6.54 Å². The van der Waals surface area contributed by atoms with Gasteiger partial charge in [-0.25, -0.2) is 4.98 Å². The third-order valence-corrected chi connectivity index (χ3v) is 3.93. The Hall–Kier alpha value is -3.27. The lowest BCUT2D eigenvalue weighted by Gasteiger charge is -2.04. The van der Waals surface area contributed by atoms with E-state index in [4.69, 9.17) is 5.73 Å². The van der Waals surface area contributed by atoms with Gasteiger partial charge in [-0.1, -0.05) is 48.5 Å². The van der Waals surface area contributed by atoms with Crippen molar-refractivity contribution in [3.63, 3.8) is 0 Å². The van der Waals surface area contributed by atoms with Gasteiger partial charge in [0.2, 0.25) is 0 Å². The van der Waals surface area contributed by atoms with Gasteiger partial charge in [0.05, 0.1) is 23.3 Å². The molecule has 2 heterocycles. The van der Waals surface area contributed by atoms with Crippen molar-refractivity contribution in [1.29, 1.82) is 0 Å². The fourth-order valence-corrected chi connectivity index (χ4v) is 2.65. The van der Waals surface area contributed by atoms with E-state index in [0.29, 0.717) is 18.1 Å². The Morgan fingerprint density at radius 1 is 0.750 bits per heavy atom. The Balaban J connectivity index is 1.61. The molecule has 0 aliphatic heterocycles. The molecular formula is C20H16N4. The predicted molar refractivity (Wildman–Crippen MR) is 97.9 cm³/mol. The second-order valence-electron chi connectivity index (χ2n) is 5.59. The molecule has 0 saturated heterocycles. The molecule has 4 rings (SSSR count). The molecule has 4 aromatic rings. The normalized spacial score (nSPS) is 11.9. The maximum absolute atomic E-state index is 6.11. The zero-order valence-electron chi connectivity index (χ0n) is 13.1. The van der Waals surface area contributed by atoms with E-state index in [0.717, 1.165) is 27.5 Å². The Kier molecular flexibility index (Phi) is 3.63. The molecule has 2 aromatic carbocycles. The fourth-order valence-electron chi connectivity index (χ4n) is 2.65. The number of hydrogen-bond acceptors (Lipinski definition) is 3. The van der Waals surface area contributed by atoms with Crippen molar-refractivity contribution in [2.24, 2.45) is 10.7 Å².